The Kier molecular flexibility index (Phi) is 7.45. The van der Waals surface area contributed by atoms with Crippen molar-refractivity contribution >= 4 is 45.0 Å². The third-order valence-electron chi connectivity index (χ3n) is 4.38. The number of fused-ring (bicyclic) bond motifs is 1. The molecule has 0 spiro atoms. The van der Waals surface area contributed by atoms with Gasteiger partial charge in [-0.3, -0.25) is 14.4 Å². The first kappa shape index (κ1) is 22.9. The van der Waals surface area contributed by atoms with Crippen LogP contribution >= 0.6 is 23.7 Å². The molecule has 8 nitrogen and oxygen atoms in total. The number of amides is 1. The molecule has 0 aliphatic carbocycles. The van der Waals surface area contributed by atoms with E-state index < -0.39 is 0 Å². The maximum atomic E-state index is 13.4. The number of anilines is 1. The summed E-state index contributed by atoms with van der Waals surface area (Å²) < 4.78 is 13.3. The first-order valence-electron chi connectivity index (χ1n) is 8.84. The zero-order chi connectivity index (χ0) is 20.4. The summed E-state index contributed by atoms with van der Waals surface area (Å²) in [4.78, 5) is 21.8. The monoisotopic (exact) mass is 439 g/mol. The quantitative estimate of drug-likeness (QED) is 0.563. The molecule has 0 aliphatic heterocycles. The normalized spacial score (nSPS) is 10.9. The van der Waals surface area contributed by atoms with Crippen LogP contribution in [-0.2, 0) is 7.05 Å². The van der Waals surface area contributed by atoms with Gasteiger partial charge in [-0.15, -0.1) is 17.5 Å². The fourth-order valence-corrected chi connectivity index (χ4v) is 3.95. The van der Waals surface area contributed by atoms with E-state index in [1.54, 1.807) is 29.9 Å². The summed E-state index contributed by atoms with van der Waals surface area (Å²) in [6.07, 6.45) is 1.67. The summed E-state index contributed by atoms with van der Waals surface area (Å²) in [5.41, 5.74) is 2.27. The molecule has 0 radical (unpaired) electrons. The van der Waals surface area contributed by atoms with Gasteiger partial charge in [0.15, 0.2) is 5.13 Å². The maximum Gasteiger partial charge on any atom is 0.267 e. The van der Waals surface area contributed by atoms with Gasteiger partial charge in [-0.2, -0.15) is 0 Å². The molecule has 2 heterocycles. The summed E-state index contributed by atoms with van der Waals surface area (Å²) in [5, 5.41) is 4.83. The second-order valence-electron chi connectivity index (χ2n) is 6.74. The minimum atomic E-state index is -0.192. The van der Waals surface area contributed by atoms with Gasteiger partial charge in [0.05, 0.1) is 18.9 Å². The van der Waals surface area contributed by atoms with Gasteiger partial charge in [-0.05, 0) is 32.6 Å². The van der Waals surface area contributed by atoms with E-state index in [-0.39, 0.29) is 18.3 Å². The second kappa shape index (κ2) is 9.43. The van der Waals surface area contributed by atoms with Gasteiger partial charge in [-0.1, -0.05) is 17.4 Å². The number of carbonyl (C=O) groups is 1. The van der Waals surface area contributed by atoms with Gasteiger partial charge in [0, 0.05) is 26.3 Å². The summed E-state index contributed by atoms with van der Waals surface area (Å²) in [5.74, 6) is 0.807. The Morgan fingerprint density at radius 3 is 2.55 bits per heavy atom. The number of nitrogens with zero attached hydrogens (tertiary/aromatic N) is 5. The molecule has 0 aliphatic rings. The van der Waals surface area contributed by atoms with Gasteiger partial charge in [0.25, 0.3) is 5.91 Å². The van der Waals surface area contributed by atoms with E-state index in [0.717, 1.165) is 15.8 Å². The molecule has 0 atom stereocenters. The SMILES string of the molecule is COc1nn(C)cc1C(=O)N(CCN(C)C)c1nc2c(OC)ccc(C)c2s1.Cl. The van der Waals surface area contributed by atoms with Crippen molar-refractivity contribution in [1.29, 1.82) is 0 Å². The average molecular weight is 440 g/mol. The molecule has 3 rings (SSSR count). The maximum absolute atomic E-state index is 13.4. The zero-order valence-electron chi connectivity index (χ0n) is 17.4. The van der Waals surface area contributed by atoms with Crippen LogP contribution in [0.15, 0.2) is 18.3 Å². The largest absolute Gasteiger partial charge is 0.494 e. The highest BCUT2D eigenvalue weighted by atomic mass is 35.5. The number of aromatic nitrogens is 3. The highest BCUT2D eigenvalue weighted by Crippen LogP contribution is 2.37. The lowest BCUT2D eigenvalue weighted by atomic mass is 10.2. The average Bonchev–Trinajstić information content (AvgIpc) is 3.26. The van der Waals surface area contributed by atoms with Crippen LogP contribution in [0.4, 0.5) is 5.13 Å². The minimum Gasteiger partial charge on any atom is -0.494 e. The summed E-state index contributed by atoms with van der Waals surface area (Å²) in [7, 11) is 8.83. The topological polar surface area (TPSA) is 72.7 Å². The van der Waals surface area contributed by atoms with Crippen molar-refractivity contribution in [3.05, 3.63) is 29.5 Å². The van der Waals surface area contributed by atoms with Crippen LogP contribution in [0.25, 0.3) is 10.2 Å². The van der Waals surface area contributed by atoms with Crippen LogP contribution in [0.3, 0.4) is 0 Å². The Morgan fingerprint density at radius 1 is 1.21 bits per heavy atom. The van der Waals surface area contributed by atoms with Crippen molar-refractivity contribution in [2.75, 3.05) is 46.3 Å². The van der Waals surface area contributed by atoms with Gasteiger partial charge in [0.2, 0.25) is 5.88 Å². The first-order chi connectivity index (χ1) is 13.3. The molecule has 158 valence electrons. The third-order valence-corrected chi connectivity index (χ3v) is 5.59. The first-order valence-corrected chi connectivity index (χ1v) is 9.65. The standard InChI is InChI=1S/C19H25N5O3S.ClH/c1-12-7-8-14(26-5)15-16(12)28-19(20-15)24(10-9-22(2)3)18(25)13-11-23(4)21-17(13)27-6;/h7-8,11H,9-10H2,1-6H3;1H. The van der Waals surface area contributed by atoms with E-state index in [1.165, 1.54) is 18.4 Å². The number of halogens is 1. The number of hydrogen-bond acceptors (Lipinski definition) is 7. The molecule has 0 saturated carbocycles. The predicted molar refractivity (Wildman–Crippen MR) is 118 cm³/mol. The molecular weight excluding hydrogens is 414 g/mol. The summed E-state index contributed by atoms with van der Waals surface area (Å²) in [6.45, 7) is 3.21. The van der Waals surface area contributed by atoms with Gasteiger partial charge in [-0.25, -0.2) is 4.98 Å². The lowest BCUT2D eigenvalue weighted by Gasteiger charge is -2.21. The van der Waals surface area contributed by atoms with Crippen LogP contribution < -0.4 is 14.4 Å². The molecule has 29 heavy (non-hydrogen) atoms. The predicted octanol–water partition coefficient (Wildman–Crippen LogP) is 2.99. The zero-order valence-corrected chi connectivity index (χ0v) is 19.1. The molecule has 0 saturated heterocycles. The van der Waals surface area contributed by atoms with E-state index in [2.05, 4.69) is 5.10 Å². The highest BCUT2D eigenvalue weighted by molar-refractivity contribution is 7.22. The lowest BCUT2D eigenvalue weighted by molar-refractivity contribution is 0.0982. The summed E-state index contributed by atoms with van der Waals surface area (Å²) >= 11 is 1.48. The van der Waals surface area contributed by atoms with Crippen molar-refractivity contribution in [2.45, 2.75) is 6.92 Å². The number of benzene rings is 1. The van der Waals surface area contributed by atoms with E-state index in [1.807, 2.05) is 38.1 Å². The van der Waals surface area contributed by atoms with Crippen molar-refractivity contribution in [3.8, 4) is 11.6 Å². The molecule has 0 bridgehead atoms. The number of methoxy groups -OCH3 is 2. The molecular formula is C19H26ClN5O3S. The van der Waals surface area contributed by atoms with Crippen molar-refractivity contribution < 1.29 is 14.3 Å². The Bertz CT molecular complexity index is 1000. The fraction of sp³-hybridized carbons (Fsp3) is 0.421. The van der Waals surface area contributed by atoms with E-state index in [0.29, 0.717) is 35.4 Å². The Labute approximate surface area is 180 Å². The van der Waals surface area contributed by atoms with Crippen LogP contribution in [0.1, 0.15) is 15.9 Å². The fourth-order valence-electron chi connectivity index (χ4n) is 2.87. The Hall–Kier alpha value is -2.36. The van der Waals surface area contributed by atoms with Crippen LogP contribution in [-0.4, -0.2) is 67.0 Å². The molecule has 1 amide bonds. The molecule has 1 aromatic carbocycles. The number of aryl methyl sites for hydroxylation is 2. The summed E-state index contributed by atoms with van der Waals surface area (Å²) in [6, 6.07) is 3.90. The molecule has 0 unspecified atom stereocenters. The lowest BCUT2D eigenvalue weighted by Crippen LogP contribution is -2.36. The van der Waals surface area contributed by atoms with E-state index in [9.17, 15) is 4.79 Å². The highest BCUT2D eigenvalue weighted by Gasteiger charge is 2.27. The van der Waals surface area contributed by atoms with Crippen LogP contribution in [0.5, 0.6) is 11.6 Å². The number of rotatable bonds is 7. The Balaban J connectivity index is 0.00000300. The van der Waals surface area contributed by atoms with Gasteiger partial charge < -0.3 is 14.4 Å². The number of thiazole rings is 1. The van der Waals surface area contributed by atoms with Gasteiger partial charge in [0.1, 0.15) is 16.8 Å². The minimum absolute atomic E-state index is 0. The molecule has 0 fully saturated rings. The number of ether oxygens (including phenoxy) is 2. The molecule has 2 aromatic heterocycles. The Morgan fingerprint density at radius 2 is 1.93 bits per heavy atom. The number of likely N-dealkylation sites (N-methyl/N-ethyl adjacent to an activating group) is 1. The smallest absolute Gasteiger partial charge is 0.267 e. The number of carbonyl (C=O) groups excluding carboxylic acids is 1. The van der Waals surface area contributed by atoms with Crippen LogP contribution in [0.2, 0.25) is 0 Å². The number of hydrogen-bond donors (Lipinski definition) is 0. The molecule has 0 N–H and O–H groups in total. The van der Waals surface area contributed by atoms with Crippen molar-refractivity contribution in [3.63, 3.8) is 0 Å². The molecule has 10 heteroatoms. The van der Waals surface area contributed by atoms with Gasteiger partial charge >= 0.3 is 0 Å². The third kappa shape index (κ3) is 4.63. The van der Waals surface area contributed by atoms with Crippen molar-refractivity contribution in [1.82, 2.24) is 19.7 Å². The molecule has 3 aromatic rings. The van der Waals surface area contributed by atoms with Crippen LogP contribution in [0, 0.1) is 6.92 Å². The van der Waals surface area contributed by atoms with E-state index >= 15 is 0 Å². The second-order valence-corrected chi connectivity index (χ2v) is 7.72. The van der Waals surface area contributed by atoms with E-state index in [4.69, 9.17) is 14.5 Å². The van der Waals surface area contributed by atoms with Crippen molar-refractivity contribution in [2.24, 2.45) is 7.05 Å².